The molecule has 5 rings (SSSR count). The van der Waals surface area contributed by atoms with Gasteiger partial charge in [-0.3, -0.25) is 4.90 Å². The third-order valence-corrected chi connectivity index (χ3v) is 6.36. The molecule has 0 amide bonds. The quantitative estimate of drug-likeness (QED) is 0.763. The Morgan fingerprint density at radius 2 is 1.63 bits per heavy atom. The fourth-order valence-electron chi connectivity index (χ4n) is 5.07. The van der Waals surface area contributed by atoms with E-state index in [2.05, 4.69) is 58.0 Å². The molecular weight excluding hydrogens is 332 g/mol. The maximum absolute atomic E-state index is 10.9. The van der Waals surface area contributed by atoms with Gasteiger partial charge < -0.3 is 9.67 Å². The van der Waals surface area contributed by atoms with Crippen molar-refractivity contribution in [2.24, 2.45) is 0 Å². The van der Waals surface area contributed by atoms with Crippen LogP contribution in [0.1, 0.15) is 35.2 Å². The highest BCUT2D eigenvalue weighted by molar-refractivity contribution is 5.85. The average Bonchev–Trinajstić information content (AvgIpc) is 3.02. The van der Waals surface area contributed by atoms with E-state index in [-0.39, 0.29) is 6.10 Å². The van der Waals surface area contributed by atoms with Crippen LogP contribution < -0.4 is 0 Å². The maximum atomic E-state index is 10.9. The molecule has 0 spiro atoms. The molecule has 0 radical (unpaired) electrons. The van der Waals surface area contributed by atoms with E-state index in [4.69, 9.17) is 0 Å². The molecule has 0 bridgehead atoms. The van der Waals surface area contributed by atoms with E-state index in [1.165, 1.54) is 52.5 Å². The SMILES string of the molecule is OC(CN1CCc2ccccc2C1)Cn1c2c(c3ccccc31)CCCC2. The zero-order chi connectivity index (χ0) is 18.2. The number of aliphatic hydroxyl groups excluding tert-OH is 1. The number of nitrogens with zero attached hydrogens (tertiary/aromatic N) is 2. The summed E-state index contributed by atoms with van der Waals surface area (Å²) in [6.07, 6.45) is 5.64. The molecule has 0 saturated carbocycles. The largest absolute Gasteiger partial charge is 0.390 e. The molecule has 1 aromatic heterocycles. The Labute approximate surface area is 161 Å². The Kier molecular flexibility index (Phi) is 4.50. The Morgan fingerprint density at radius 1 is 0.852 bits per heavy atom. The van der Waals surface area contributed by atoms with Gasteiger partial charge in [-0.1, -0.05) is 42.5 Å². The topological polar surface area (TPSA) is 28.4 Å². The third kappa shape index (κ3) is 3.19. The molecule has 140 valence electrons. The first-order chi connectivity index (χ1) is 13.3. The van der Waals surface area contributed by atoms with Crippen LogP contribution in [0.2, 0.25) is 0 Å². The molecule has 1 N–H and O–H groups in total. The smallest absolute Gasteiger partial charge is 0.0845 e. The van der Waals surface area contributed by atoms with Crippen molar-refractivity contribution in [2.75, 3.05) is 13.1 Å². The minimum atomic E-state index is -0.336. The van der Waals surface area contributed by atoms with E-state index in [1.54, 1.807) is 0 Å². The summed E-state index contributed by atoms with van der Waals surface area (Å²) >= 11 is 0. The van der Waals surface area contributed by atoms with Gasteiger partial charge in [0, 0.05) is 36.2 Å². The number of aliphatic hydroxyl groups is 1. The molecule has 3 aromatic rings. The number of hydrogen-bond acceptors (Lipinski definition) is 2. The molecule has 0 saturated heterocycles. The van der Waals surface area contributed by atoms with Gasteiger partial charge in [-0.2, -0.15) is 0 Å². The van der Waals surface area contributed by atoms with Crippen LogP contribution in [0.5, 0.6) is 0 Å². The van der Waals surface area contributed by atoms with Gasteiger partial charge in [-0.05, 0) is 54.9 Å². The number of aryl methyl sites for hydroxylation is 1. The van der Waals surface area contributed by atoms with Crippen molar-refractivity contribution in [3.8, 4) is 0 Å². The molecule has 2 heterocycles. The molecule has 27 heavy (non-hydrogen) atoms. The minimum Gasteiger partial charge on any atom is -0.390 e. The molecule has 1 unspecified atom stereocenters. The Morgan fingerprint density at radius 3 is 2.56 bits per heavy atom. The van der Waals surface area contributed by atoms with Gasteiger partial charge in [0.25, 0.3) is 0 Å². The number of rotatable bonds is 4. The van der Waals surface area contributed by atoms with Crippen molar-refractivity contribution in [1.29, 1.82) is 0 Å². The summed E-state index contributed by atoms with van der Waals surface area (Å²) in [4.78, 5) is 2.41. The minimum absolute atomic E-state index is 0.336. The van der Waals surface area contributed by atoms with Crippen LogP contribution in [0.4, 0.5) is 0 Å². The van der Waals surface area contributed by atoms with Crippen molar-refractivity contribution >= 4 is 10.9 Å². The number of β-amino-alcohol motifs (C(OH)–C–C–N with tert-alkyl or cyclic N) is 1. The number of hydrogen-bond donors (Lipinski definition) is 1. The molecule has 2 aliphatic rings. The Balaban J connectivity index is 1.35. The molecule has 3 nitrogen and oxygen atoms in total. The predicted octanol–water partition coefficient (Wildman–Crippen LogP) is 3.94. The second-order valence-electron chi connectivity index (χ2n) is 8.17. The lowest BCUT2D eigenvalue weighted by atomic mass is 9.95. The maximum Gasteiger partial charge on any atom is 0.0845 e. The zero-order valence-corrected chi connectivity index (χ0v) is 15.9. The third-order valence-electron chi connectivity index (χ3n) is 6.36. The lowest BCUT2D eigenvalue weighted by Crippen LogP contribution is -2.38. The fraction of sp³-hybridized carbons (Fsp3) is 0.417. The van der Waals surface area contributed by atoms with E-state index >= 15 is 0 Å². The van der Waals surface area contributed by atoms with Crippen LogP contribution in [0.25, 0.3) is 10.9 Å². The molecule has 1 atom stereocenters. The van der Waals surface area contributed by atoms with Crippen molar-refractivity contribution in [2.45, 2.75) is 51.3 Å². The average molecular weight is 361 g/mol. The summed E-state index contributed by atoms with van der Waals surface area (Å²) in [6, 6.07) is 17.5. The van der Waals surface area contributed by atoms with Crippen LogP contribution in [0.3, 0.4) is 0 Å². The van der Waals surface area contributed by atoms with Crippen LogP contribution in [-0.2, 0) is 32.4 Å². The first-order valence-corrected chi connectivity index (χ1v) is 10.4. The predicted molar refractivity (Wildman–Crippen MR) is 110 cm³/mol. The van der Waals surface area contributed by atoms with E-state index in [0.29, 0.717) is 6.54 Å². The van der Waals surface area contributed by atoms with Crippen molar-refractivity contribution < 1.29 is 5.11 Å². The van der Waals surface area contributed by atoms with Crippen molar-refractivity contribution in [1.82, 2.24) is 9.47 Å². The molecule has 1 aliphatic carbocycles. The standard InChI is InChI=1S/C24H28N2O/c27-20(16-25-14-13-18-7-1-2-8-19(18)15-25)17-26-23-11-5-3-9-21(23)22-10-4-6-12-24(22)26/h1-3,5,7-9,11,20,27H,4,6,10,12-17H2. The normalized spacial score (nSPS) is 18.3. The molecular formula is C24H28N2O. The highest BCUT2D eigenvalue weighted by Gasteiger charge is 2.23. The van der Waals surface area contributed by atoms with E-state index in [9.17, 15) is 5.11 Å². The second-order valence-corrected chi connectivity index (χ2v) is 8.17. The molecule has 2 aromatic carbocycles. The van der Waals surface area contributed by atoms with Crippen LogP contribution in [-0.4, -0.2) is 33.8 Å². The summed E-state index contributed by atoms with van der Waals surface area (Å²) in [7, 11) is 0. The summed E-state index contributed by atoms with van der Waals surface area (Å²) in [5, 5.41) is 12.3. The Bertz CT molecular complexity index is 958. The van der Waals surface area contributed by atoms with E-state index < -0.39 is 0 Å². The molecule has 3 heteroatoms. The first kappa shape index (κ1) is 17.0. The van der Waals surface area contributed by atoms with Crippen molar-refractivity contribution in [3.05, 3.63) is 70.9 Å². The van der Waals surface area contributed by atoms with Crippen LogP contribution in [0.15, 0.2) is 48.5 Å². The highest BCUT2D eigenvalue weighted by atomic mass is 16.3. The van der Waals surface area contributed by atoms with Gasteiger partial charge in [-0.25, -0.2) is 0 Å². The van der Waals surface area contributed by atoms with E-state index in [1.807, 2.05) is 0 Å². The monoisotopic (exact) mass is 360 g/mol. The summed E-state index contributed by atoms with van der Waals surface area (Å²) < 4.78 is 2.41. The summed E-state index contributed by atoms with van der Waals surface area (Å²) in [5.74, 6) is 0. The summed E-state index contributed by atoms with van der Waals surface area (Å²) in [5.41, 5.74) is 7.17. The van der Waals surface area contributed by atoms with Gasteiger partial charge in [0.2, 0.25) is 0 Å². The van der Waals surface area contributed by atoms with Crippen LogP contribution >= 0.6 is 0 Å². The fourth-order valence-corrected chi connectivity index (χ4v) is 5.07. The zero-order valence-electron chi connectivity index (χ0n) is 15.9. The lowest BCUT2D eigenvalue weighted by Gasteiger charge is -2.30. The summed E-state index contributed by atoms with van der Waals surface area (Å²) in [6.45, 7) is 3.44. The first-order valence-electron chi connectivity index (χ1n) is 10.4. The van der Waals surface area contributed by atoms with Gasteiger partial charge >= 0.3 is 0 Å². The highest BCUT2D eigenvalue weighted by Crippen LogP contribution is 2.32. The van der Waals surface area contributed by atoms with E-state index in [0.717, 1.165) is 32.5 Å². The number of aromatic nitrogens is 1. The number of para-hydroxylation sites is 1. The van der Waals surface area contributed by atoms with Gasteiger partial charge in [0.1, 0.15) is 0 Å². The molecule has 1 aliphatic heterocycles. The Hall–Kier alpha value is -2.10. The van der Waals surface area contributed by atoms with Crippen molar-refractivity contribution in [3.63, 3.8) is 0 Å². The number of fused-ring (bicyclic) bond motifs is 4. The van der Waals surface area contributed by atoms with Crippen LogP contribution in [0, 0.1) is 0 Å². The van der Waals surface area contributed by atoms with Gasteiger partial charge in [0.15, 0.2) is 0 Å². The number of benzene rings is 2. The second kappa shape index (κ2) is 7.14. The van der Waals surface area contributed by atoms with Gasteiger partial charge in [0.05, 0.1) is 12.6 Å². The van der Waals surface area contributed by atoms with Gasteiger partial charge in [-0.15, -0.1) is 0 Å². The lowest BCUT2D eigenvalue weighted by molar-refractivity contribution is 0.0920. The molecule has 0 fully saturated rings.